The van der Waals surface area contributed by atoms with Crippen LogP contribution in [0, 0.1) is 0 Å². The van der Waals surface area contributed by atoms with E-state index in [-0.39, 0.29) is 23.7 Å². The minimum atomic E-state index is -1.10. The Labute approximate surface area is 214 Å². The number of aromatic nitrogens is 2. The number of carboxylic acids is 1. The van der Waals surface area contributed by atoms with Crippen LogP contribution in [0.1, 0.15) is 38.6 Å². The Morgan fingerprint density at radius 1 is 0.865 bits per heavy atom. The number of imidazole rings is 1. The average molecular weight is 491 g/mol. The fraction of sp³-hybridized carbons (Fsp3) is 0.129. The Balaban J connectivity index is 1.51. The maximum atomic E-state index is 13.3. The van der Waals surface area contributed by atoms with Gasteiger partial charge in [0, 0.05) is 30.6 Å². The first-order valence-electron chi connectivity index (χ1n) is 12.0. The Bertz CT molecular complexity index is 1540. The average Bonchev–Trinajstić information content (AvgIpc) is 3.37. The van der Waals surface area contributed by atoms with E-state index in [0.717, 1.165) is 27.7 Å². The molecule has 0 radical (unpaired) electrons. The second-order valence-electron chi connectivity index (χ2n) is 8.90. The van der Waals surface area contributed by atoms with Crippen LogP contribution in [0.3, 0.4) is 0 Å². The van der Waals surface area contributed by atoms with Crippen molar-refractivity contribution in [3.63, 3.8) is 0 Å². The van der Waals surface area contributed by atoms with Gasteiger partial charge in [-0.3, -0.25) is 4.79 Å². The van der Waals surface area contributed by atoms with Gasteiger partial charge in [0.1, 0.15) is 5.82 Å². The summed E-state index contributed by atoms with van der Waals surface area (Å²) in [7, 11) is 1.61. The zero-order chi connectivity index (χ0) is 25.8. The molecule has 37 heavy (non-hydrogen) atoms. The van der Waals surface area contributed by atoms with Crippen LogP contribution in [-0.2, 0) is 4.74 Å². The van der Waals surface area contributed by atoms with Crippen LogP contribution in [-0.4, -0.2) is 40.5 Å². The first-order chi connectivity index (χ1) is 18.0. The number of methoxy groups -OCH3 is 1. The number of para-hydroxylation sites is 2. The summed E-state index contributed by atoms with van der Waals surface area (Å²) >= 11 is 0. The predicted molar refractivity (Wildman–Crippen MR) is 144 cm³/mol. The molecule has 1 heterocycles. The number of benzene rings is 4. The number of aromatic amines is 1. The summed E-state index contributed by atoms with van der Waals surface area (Å²) in [5.41, 5.74) is 5.19. The van der Waals surface area contributed by atoms with E-state index in [4.69, 9.17) is 9.72 Å². The lowest BCUT2D eigenvalue weighted by molar-refractivity contribution is 0.0697. The molecule has 0 unspecified atom stereocenters. The largest absolute Gasteiger partial charge is 0.478 e. The fourth-order valence-electron chi connectivity index (χ4n) is 4.68. The van der Waals surface area contributed by atoms with E-state index in [9.17, 15) is 14.7 Å². The molecule has 0 fully saturated rings. The van der Waals surface area contributed by atoms with E-state index >= 15 is 0 Å². The van der Waals surface area contributed by atoms with Crippen molar-refractivity contribution < 1.29 is 19.4 Å². The summed E-state index contributed by atoms with van der Waals surface area (Å²) in [6, 6.07) is 29.9. The van der Waals surface area contributed by atoms with Gasteiger partial charge < -0.3 is 14.8 Å². The summed E-state index contributed by atoms with van der Waals surface area (Å²) in [5.74, 6) is -0.704. The monoisotopic (exact) mass is 490 g/mol. The quantitative estimate of drug-likeness (QED) is 0.227. The molecule has 1 aromatic heterocycles. The molecule has 184 valence electrons. The first-order valence-corrected chi connectivity index (χ1v) is 12.0. The zero-order valence-electron chi connectivity index (χ0n) is 20.3. The lowest BCUT2D eigenvalue weighted by Crippen LogP contribution is -2.13. The number of rotatable bonds is 9. The number of Topliss-reactive ketones (excluding diaryl/α,β-unsaturated/α-hetero) is 1. The third-order valence-electron chi connectivity index (χ3n) is 6.50. The van der Waals surface area contributed by atoms with Crippen molar-refractivity contribution >= 4 is 22.8 Å². The normalized spacial score (nSPS) is 11.9. The molecule has 0 amide bonds. The van der Waals surface area contributed by atoms with Gasteiger partial charge in [-0.25, -0.2) is 9.78 Å². The smallest absolute Gasteiger partial charge is 0.336 e. The molecule has 0 saturated heterocycles. The molecular formula is C31H26N2O4. The fourth-order valence-corrected chi connectivity index (χ4v) is 4.68. The molecule has 6 nitrogen and oxygen atoms in total. The van der Waals surface area contributed by atoms with Crippen LogP contribution in [0.5, 0.6) is 0 Å². The highest BCUT2D eigenvalue weighted by molar-refractivity contribution is 6.04. The topological polar surface area (TPSA) is 92.3 Å². The zero-order valence-corrected chi connectivity index (χ0v) is 20.3. The van der Waals surface area contributed by atoms with Gasteiger partial charge in [-0.2, -0.15) is 0 Å². The number of hydrogen-bond donors (Lipinski definition) is 2. The SMILES string of the molecule is COC[C@@H](CC(=O)c1ccc(-c2ccccc2-c2nc3ccccc3[nH]2)c(C(=O)O)c1)c1ccccc1. The van der Waals surface area contributed by atoms with Gasteiger partial charge in [0.2, 0.25) is 0 Å². The molecule has 0 aliphatic carbocycles. The molecule has 0 aliphatic rings. The highest BCUT2D eigenvalue weighted by atomic mass is 16.5. The molecule has 0 bridgehead atoms. The van der Waals surface area contributed by atoms with Crippen molar-refractivity contribution in [2.75, 3.05) is 13.7 Å². The van der Waals surface area contributed by atoms with Crippen molar-refractivity contribution in [2.24, 2.45) is 0 Å². The molecule has 4 aromatic carbocycles. The number of hydrogen-bond acceptors (Lipinski definition) is 4. The maximum Gasteiger partial charge on any atom is 0.336 e. The van der Waals surface area contributed by atoms with Crippen molar-refractivity contribution in [2.45, 2.75) is 12.3 Å². The number of ketones is 1. The molecule has 5 aromatic rings. The van der Waals surface area contributed by atoms with Crippen LogP contribution >= 0.6 is 0 Å². The van der Waals surface area contributed by atoms with E-state index in [2.05, 4.69) is 4.98 Å². The number of carbonyl (C=O) groups excluding carboxylic acids is 1. The lowest BCUT2D eigenvalue weighted by Gasteiger charge is -2.17. The van der Waals surface area contributed by atoms with E-state index in [1.807, 2.05) is 78.9 Å². The van der Waals surface area contributed by atoms with Gasteiger partial charge in [0.25, 0.3) is 0 Å². The van der Waals surface area contributed by atoms with Crippen molar-refractivity contribution in [1.82, 2.24) is 9.97 Å². The lowest BCUT2D eigenvalue weighted by atomic mass is 9.89. The van der Waals surface area contributed by atoms with E-state index in [0.29, 0.717) is 23.6 Å². The summed E-state index contributed by atoms with van der Waals surface area (Å²) < 4.78 is 5.36. The molecule has 0 aliphatic heterocycles. The van der Waals surface area contributed by atoms with Gasteiger partial charge in [-0.1, -0.05) is 78.9 Å². The summed E-state index contributed by atoms with van der Waals surface area (Å²) in [4.78, 5) is 33.6. The summed E-state index contributed by atoms with van der Waals surface area (Å²) in [5, 5.41) is 10.1. The predicted octanol–water partition coefficient (Wildman–Crippen LogP) is 6.60. The number of aromatic carboxylic acids is 1. The Hall–Kier alpha value is -4.55. The van der Waals surface area contributed by atoms with E-state index in [1.54, 1.807) is 19.2 Å². The first kappa shape index (κ1) is 24.2. The maximum absolute atomic E-state index is 13.3. The number of carbonyl (C=O) groups is 2. The number of nitrogens with zero attached hydrogens (tertiary/aromatic N) is 1. The van der Waals surface area contributed by atoms with Crippen molar-refractivity contribution in [3.8, 4) is 22.5 Å². The van der Waals surface area contributed by atoms with Crippen molar-refractivity contribution in [1.29, 1.82) is 0 Å². The van der Waals surface area contributed by atoms with Crippen LogP contribution in [0.2, 0.25) is 0 Å². The summed E-state index contributed by atoms with van der Waals surface area (Å²) in [6.07, 6.45) is 0.214. The number of nitrogens with one attached hydrogen (secondary N) is 1. The minimum absolute atomic E-state index is 0.0670. The number of ether oxygens (including phenoxy) is 1. The van der Waals surface area contributed by atoms with Gasteiger partial charge in [-0.05, 0) is 34.9 Å². The Kier molecular flexibility index (Phi) is 6.92. The molecule has 6 heteroatoms. The second-order valence-corrected chi connectivity index (χ2v) is 8.90. The molecule has 2 N–H and O–H groups in total. The number of fused-ring (bicyclic) bond motifs is 1. The van der Waals surface area contributed by atoms with Gasteiger partial charge >= 0.3 is 5.97 Å². The van der Waals surface area contributed by atoms with E-state index < -0.39 is 5.97 Å². The standard InChI is InChI=1S/C31H26N2O4/c1-37-19-22(20-9-3-2-4-10-20)18-29(34)21-15-16-24(26(17-21)31(35)36)23-11-5-6-12-25(23)30-32-27-13-7-8-14-28(27)33-30/h2-17,22H,18-19H2,1H3,(H,32,33)(H,35,36)/t22-/m1/s1. The highest BCUT2D eigenvalue weighted by Crippen LogP contribution is 2.34. The minimum Gasteiger partial charge on any atom is -0.478 e. The van der Waals surface area contributed by atoms with Crippen LogP contribution in [0.15, 0.2) is 97.1 Å². The van der Waals surface area contributed by atoms with Crippen LogP contribution < -0.4 is 0 Å². The third kappa shape index (κ3) is 5.06. The van der Waals surface area contributed by atoms with Gasteiger partial charge in [0.15, 0.2) is 5.78 Å². The molecule has 1 atom stereocenters. The van der Waals surface area contributed by atoms with Crippen molar-refractivity contribution in [3.05, 3.63) is 114 Å². The Morgan fingerprint density at radius 2 is 1.57 bits per heavy atom. The number of H-pyrrole nitrogens is 1. The van der Waals surface area contributed by atoms with Crippen LogP contribution in [0.25, 0.3) is 33.5 Å². The molecule has 5 rings (SSSR count). The number of carboxylic acid groups (broad SMARTS) is 1. The van der Waals surface area contributed by atoms with Gasteiger partial charge in [-0.15, -0.1) is 0 Å². The van der Waals surface area contributed by atoms with Crippen LogP contribution in [0.4, 0.5) is 0 Å². The summed E-state index contributed by atoms with van der Waals surface area (Å²) in [6.45, 7) is 0.393. The molecule has 0 spiro atoms. The van der Waals surface area contributed by atoms with E-state index in [1.165, 1.54) is 6.07 Å². The van der Waals surface area contributed by atoms with Gasteiger partial charge in [0.05, 0.1) is 23.2 Å². The molecular weight excluding hydrogens is 464 g/mol. The molecule has 0 saturated carbocycles. The highest BCUT2D eigenvalue weighted by Gasteiger charge is 2.22. The second kappa shape index (κ2) is 10.6. The third-order valence-corrected chi connectivity index (χ3v) is 6.50. The Morgan fingerprint density at radius 3 is 2.30 bits per heavy atom.